The fourth-order valence-corrected chi connectivity index (χ4v) is 2.27. The minimum absolute atomic E-state index is 0.294. The third-order valence-corrected chi connectivity index (χ3v) is 3.56. The quantitative estimate of drug-likeness (QED) is 0.899. The van der Waals surface area contributed by atoms with E-state index in [0.29, 0.717) is 6.54 Å². The Labute approximate surface area is 110 Å². The van der Waals surface area contributed by atoms with Gasteiger partial charge in [-0.15, -0.1) is 0 Å². The van der Waals surface area contributed by atoms with Crippen molar-refractivity contribution in [2.24, 2.45) is 0 Å². The Bertz CT molecular complexity index is 513. The maximum Gasteiger partial charge on any atom is 0.0709 e. The van der Waals surface area contributed by atoms with Gasteiger partial charge in [0.2, 0.25) is 0 Å². The largest absolute Gasteiger partial charge is 0.391 e. The average Bonchev–Trinajstić information content (AvgIpc) is 2.38. The third-order valence-electron chi connectivity index (χ3n) is 2.87. The van der Waals surface area contributed by atoms with Gasteiger partial charge in [0.15, 0.2) is 0 Å². The minimum Gasteiger partial charge on any atom is -0.391 e. The first-order valence-corrected chi connectivity index (χ1v) is 6.61. The molecule has 2 nitrogen and oxygen atoms in total. The van der Waals surface area contributed by atoms with Crippen molar-refractivity contribution in [2.45, 2.75) is 19.4 Å². The number of rotatable bonds is 4. The highest BCUT2D eigenvalue weighted by molar-refractivity contribution is 9.10. The standard InChI is InChI=1S/C14H16BrNO/c1-2-10(17)9-16-14-8-7-13(15)11-5-3-4-6-12(11)14/h3-8,10,16-17H,2,9H2,1H3. The van der Waals surface area contributed by atoms with E-state index in [4.69, 9.17) is 0 Å². The normalized spacial score (nSPS) is 12.6. The predicted octanol–water partition coefficient (Wildman–Crippen LogP) is 3.79. The first-order chi connectivity index (χ1) is 8.22. The van der Waals surface area contributed by atoms with E-state index in [-0.39, 0.29) is 6.10 Å². The van der Waals surface area contributed by atoms with Crippen LogP contribution in [0.15, 0.2) is 40.9 Å². The zero-order valence-electron chi connectivity index (χ0n) is 9.78. The molecule has 0 radical (unpaired) electrons. The van der Waals surface area contributed by atoms with Gasteiger partial charge in [0.1, 0.15) is 0 Å². The van der Waals surface area contributed by atoms with Gasteiger partial charge in [-0.3, -0.25) is 0 Å². The zero-order valence-corrected chi connectivity index (χ0v) is 11.4. The number of fused-ring (bicyclic) bond motifs is 1. The molecule has 90 valence electrons. The highest BCUT2D eigenvalue weighted by Crippen LogP contribution is 2.29. The fraction of sp³-hybridized carbons (Fsp3) is 0.286. The van der Waals surface area contributed by atoms with Crippen molar-refractivity contribution < 1.29 is 5.11 Å². The van der Waals surface area contributed by atoms with Crippen molar-refractivity contribution in [3.8, 4) is 0 Å². The van der Waals surface area contributed by atoms with Gasteiger partial charge in [-0.2, -0.15) is 0 Å². The molecule has 0 aliphatic rings. The molecule has 0 aliphatic carbocycles. The minimum atomic E-state index is -0.294. The summed E-state index contributed by atoms with van der Waals surface area (Å²) in [6.45, 7) is 2.56. The van der Waals surface area contributed by atoms with Crippen LogP contribution in [0.25, 0.3) is 10.8 Å². The topological polar surface area (TPSA) is 32.3 Å². The summed E-state index contributed by atoms with van der Waals surface area (Å²) in [5, 5.41) is 15.2. The summed E-state index contributed by atoms with van der Waals surface area (Å²) in [5.41, 5.74) is 1.07. The molecule has 1 atom stereocenters. The third kappa shape index (κ3) is 2.79. The second kappa shape index (κ2) is 5.52. The molecule has 0 aliphatic heterocycles. The average molecular weight is 294 g/mol. The van der Waals surface area contributed by atoms with Crippen LogP contribution in [0.2, 0.25) is 0 Å². The molecule has 0 saturated heterocycles. The van der Waals surface area contributed by atoms with Crippen molar-refractivity contribution >= 4 is 32.4 Å². The van der Waals surface area contributed by atoms with E-state index in [1.807, 2.05) is 31.2 Å². The predicted molar refractivity (Wildman–Crippen MR) is 76.4 cm³/mol. The Morgan fingerprint density at radius 3 is 2.59 bits per heavy atom. The lowest BCUT2D eigenvalue weighted by Crippen LogP contribution is -2.18. The number of anilines is 1. The molecule has 0 heterocycles. The van der Waals surface area contributed by atoms with Crippen LogP contribution in [0.1, 0.15) is 13.3 Å². The molecule has 1 unspecified atom stereocenters. The van der Waals surface area contributed by atoms with Gasteiger partial charge in [0, 0.05) is 22.1 Å². The summed E-state index contributed by atoms with van der Waals surface area (Å²) in [5.74, 6) is 0. The maximum atomic E-state index is 9.57. The lowest BCUT2D eigenvalue weighted by Gasteiger charge is -2.13. The van der Waals surface area contributed by atoms with E-state index in [2.05, 4.69) is 33.4 Å². The van der Waals surface area contributed by atoms with Gasteiger partial charge in [-0.05, 0) is 23.9 Å². The van der Waals surface area contributed by atoms with Crippen LogP contribution in [-0.2, 0) is 0 Å². The van der Waals surface area contributed by atoms with Gasteiger partial charge in [-0.1, -0.05) is 47.1 Å². The second-order valence-electron chi connectivity index (χ2n) is 4.08. The molecule has 0 fully saturated rings. The van der Waals surface area contributed by atoms with Crippen LogP contribution in [0, 0.1) is 0 Å². The molecule has 2 N–H and O–H groups in total. The first-order valence-electron chi connectivity index (χ1n) is 5.81. The van der Waals surface area contributed by atoms with Crippen LogP contribution >= 0.6 is 15.9 Å². The van der Waals surface area contributed by atoms with Gasteiger partial charge in [-0.25, -0.2) is 0 Å². The second-order valence-corrected chi connectivity index (χ2v) is 4.94. The maximum absolute atomic E-state index is 9.57. The highest BCUT2D eigenvalue weighted by Gasteiger charge is 2.05. The number of aliphatic hydroxyl groups excluding tert-OH is 1. The molecule has 0 bridgehead atoms. The van der Waals surface area contributed by atoms with E-state index >= 15 is 0 Å². The summed E-state index contributed by atoms with van der Waals surface area (Å²) in [7, 11) is 0. The Morgan fingerprint density at radius 2 is 1.88 bits per heavy atom. The Morgan fingerprint density at radius 1 is 1.18 bits per heavy atom. The lowest BCUT2D eigenvalue weighted by molar-refractivity contribution is 0.183. The van der Waals surface area contributed by atoms with Gasteiger partial charge in [0.05, 0.1) is 6.10 Å². The van der Waals surface area contributed by atoms with E-state index < -0.39 is 0 Å². The van der Waals surface area contributed by atoms with Crippen LogP contribution in [0.5, 0.6) is 0 Å². The Balaban J connectivity index is 2.32. The van der Waals surface area contributed by atoms with E-state index in [0.717, 1.165) is 16.6 Å². The van der Waals surface area contributed by atoms with Gasteiger partial charge >= 0.3 is 0 Å². The van der Waals surface area contributed by atoms with Crippen molar-refractivity contribution in [3.63, 3.8) is 0 Å². The van der Waals surface area contributed by atoms with Gasteiger partial charge in [0.25, 0.3) is 0 Å². The fourth-order valence-electron chi connectivity index (χ4n) is 1.79. The Hall–Kier alpha value is -1.06. The van der Waals surface area contributed by atoms with Crippen LogP contribution in [0.4, 0.5) is 5.69 Å². The molecule has 17 heavy (non-hydrogen) atoms. The van der Waals surface area contributed by atoms with Gasteiger partial charge < -0.3 is 10.4 Å². The van der Waals surface area contributed by atoms with Crippen LogP contribution in [-0.4, -0.2) is 17.8 Å². The molecular weight excluding hydrogens is 278 g/mol. The molecule has 0 spiro atoms. The van der Waals surface area contributed by atoms with Crippen molar-refractivity contribution in [1.82, 2.24) is 0 Å². The number of hydrogen-bond donors (Lipinski definition) is 2. The van der Waals surface area contributed by atoms with E-state index in [9.17, 15) is 5.11 Å². The molecule has 2 aromatic rings. The van der Waals surface area contributed by atoms with Crippen molar-refractivity contribution in [3.05, 3.63) is 40.9 Å². The lowest BCUT2D eigenvalue weighted by atomic mass is 10.1. The summed E-state index contributed by atoms with van der Waals surface area (Å²) in [6.07, 6.45) is 0.471. The number of halogens is 1. The summed E-state index contributed by atoms with van der Waals surface area (Å²) < 4.78 is 1.09. The first kappa shape index (κ1) is 12.4. The SMILES string of the molecule is CCC(O)CNc1ccc(Br)c2ccccc12. The summed E-state index contributed by atoms with van der Waals surface area (Å²) >= 11 is 3.55. The smallest absolute Gasteiger partial charge is 0.0709 e. The molecule has 2 rings (SSSR count). The zero-order chi connectivity index (χ0) is 12.3. The number of aliphatic hydroxyl groups is 1. The molecular formula is C14H16BrNO. The summed E-state index contributed by atoms with van der Waals surface area (Å²) in [6, 6.07) is 12.3. The van der Waals surface area contributed by atoms with Crippen molar-refractivity contribution in [2.75, 3.05) is 11.9 Å². The monoisotopic (exact) mass is 293 g/mol. The number of benzene rings is 2. The summed E-state index contributed by atoms with van der Waals surface area (Å²) in [4.78, 5) is 0. The molecule has 0 aromatic heterocycles. The van der Waals surface area contributed by atoms with E-state index in [1.165, 1.54) is 10.8 Å². The van der Waals surface area contributed by atoms with Crippen LogP contribution in [0.3, 0.4) is 0 Å². The molecule has 3 heteroatoms. The van der Waals surface area contributed by atoms with Crippen LogP contribution < -0.4 is 5.32 Å². The number of nitrogens with one attached hydrogen (secondary N) is 1. The molecule has 0 saturated carbocycles. The van der Waals surface area contributed by atoms with E-state index in [1.54, 1.807) is 0 Å². The highest BCUT2D eigenvalue weighted by atomic mass is 79.9. The molecule has 0 amide bonds. The molecule has 2 aromatic carbocycles. The number of hydrogen-bond acceptors (Lipinski definition) is 2. The Kier molecular flexibility index (Phi) is 4.02. The van der Waals surface area contributed by atoms with Crippen molar-refractivity contribution in [1.29, 1.82) is 0 Å².